The van der Waals surface area contributed by atoms with Crippen LogP contribution in [0.3, 0.4) is 0 Å². The van der Waals surface area contributed by atoms with Gasteiger partial charge in [-0.3, -0.25) is 4.79 Å². The zero-order valence-corrected chi connectivity index (χ0v) is 17.6. The summed E-state index contributed by atoms with van der Waals surface area (Å²) < 4.78 is 33.1. The highest BCUT2D eigenvalue weighted by molar-refractivity contribution is 7.89. The fourth-order valence-electron chi connectivity index (χ4n) is 3.47. The molecule has 0 atom stereocenters. The molecular formula is C21H22N4O4S. The minimum absolute atomic E-state index is 0.0626. The van der Waals surface area contributed by atoms with E-state index in [0.717, 1.165) is 28.8 Å². The van der Waals surface area contributed by atoms with Crippen LogP contribution in [0.5, 0.6) is 0 Å². The van der Waals surface area contributed by atoms with Gasteiger partial charge in [-0.2, -0.15) is 4.98 Å². The average Bonchev–Trinajstić information content (AvgIpc) is 3.36. The van der Waals surface area contributed by atoms with Gasteiger partial charge in [0.05, 0.1) is 11.4 Å². The van der Waals surface area contributed by atoms with Crippen molar-refractivity contribution in [1.82, 2.24) is 14.9 Å². The number of hydrogen-bond acceptors (Lipinski definition) is 6. The fraction of sp³-hybridized carbons (Fsp3) is 0.286. The number of hydrogen-bond donors (Lipinski definition) is 1. The van der Waals surface area contributed by atoms with E-state index < -0.39 is 10.0 Å². The van der Waals surface area contributed by atoms with Crippen molar-refractivity contribution in [1.29, 1.82) is 0 Å². The molecule has 1 fully saturated rings. The van der Waals surface area contributed by atoms with Crippen LogP contribution in [0.2, 0.25) is 0 Å². The van der Waals surface area contributed by atoms with Gasteiger partial charge in [0.15, 0.2) is 0 Å². The Hall–Kier alpha value is -3.04. The quantitative estimate of drug-likeness (QED) is 0.650. The number of benzene rings is 2. The zero-order valence-electron chi connectivity index (χ0n) is 16.8. The Labute approximate surface area is 175 Å². The summed E-state index contributed by atoms with van der Waals surface area (Å²) in [6.07, 6.45) is 1.34. The highest BCUT2D eigenvalue weighted by atomic mass is 32.2. The molecule has 156 valence electrons. The van der Waals surface area contributed by atoms with Crippen molar-refractivity contribution in [3.8, 4) is 11.4 Å². The van der Waals surface area contributed by atoms with Crippen molar-refractivity contribution in [2.24, 2.45) is 0 Å². The van der Waals surface area contributed by atoms with Crippen molar-refractivity contribution in [2.45, 2.75) is 38.1 Å². The first-order valence-electron chi connectivity index (χ1n) is 9.64. The maximum Gasteiger partial charge on any atom is 0.242 e. The number of anilines is 1. The van der Waals surface area contributed by atoms with E-state index >= 15 is 0 Å². The van der Waals surface area contributed by atoms with Gasteiger partial charge in [-0.05, 0) is 50.1 Å². The third kappa shape index (κ3) is 4.12. The number of sulfonamides is 1. The molecule has 0 unspecified atom stereocenters. The standard InChI is InChI=1S/C21H22N4O4S/c1-14-5-3-6-16(11-14)21-23-19(29-24-21)13-22-30(27,28)17-8-9-18(15(2)12-17)25-10-4-7-20(25)26/h3,5-6,8-9,11-12,22H,4,7,10,13H2,1-2H3. The fourth-order valence-corrected chi connectivity index (χ4v) is 4.53. The molecule has 9 heteroatoms. The van der Waals surface area contributed by atoms with E-state index in [4.69, 9.17) is 4.52 Å². The zero-order chi connectivity index (χ0) is 21.3. The predicted octanol–water partition coefficient (Wildman–Crippen LogP) is 2.96. The van der Waals surface area contributed by atoms with E-state index in [1.54, 1.807) is 24.0 Å². The Balaban J connectivity index is 1.47. The minimum Gasteiger partial charge on any atom is -0.338 e. The van der Waals surface area contributed by atoms with Gasteiger partial charge in [-0.15, -0.1) is 0 Å². The van der Waals surface area contributed by atoms with Crippen LogP contribution in [-0.4, -0.2) is 31.0 Å². The number of aryl methyl sites for hydroxylation is 2. The topological polar surface area (TPSA) is 105 Å². The number of rotatable bonds is 6. The molecule has 1 aliphatic rings. The smallest absolute Gasteiger partial charge is 0.242 e. The van der Waals surface area contributed by atoms with Gasteiger partial charge in [0.1, 0.15) is 0 Å². The molecule has 2 aromatic carbocycles. The highest BCUT2D eigenvalue weighted by Gasteiger charge is 2.24. The maximum absolute atomic E-state index is 12.7. The molecule has 0 bridgehead atoms. The summed E-state index contributed by atoms with van der Waals surface area (Å²) in [7, 11) is -3.78. The molecule has 1 saturated heterocycles. The maximum atomic E-state index is 12.7. The predicted molar refractivity (Wildman–Crippen MR) is 111 cm³/mol. The summed E-state index contributed by atoms with van der Waals surface area (Å²) in [6, 6.07) is 12.4. The largest absolute Gasteiger partial charge is 0.338 e. The number of aromatic nitrogens is 2. The molecule has 8 nitrogen and oxygen atoms in total. The second-order valence-electron chi connectivity index (χ2n) is 7.30. The lowest BCUT2D eigenvalue weighted by atomic mass is 10.1. The molecule has 0 saturated carbocycles. The van der Waals surface area contributed by atoms with E-state index in [2.05, 4.69) is 14.9 Å². The summed E-state index contributed by atoms with van der Waals surface area (Å²) in [5.41, 5.74) is 3.34. The summed E-state index contributed by atoms with van der Waals surface area (Å²) in [6.45, 7) is 4.30. The molecule has 30 heavy (non-hydrogen) atoms. The first-order valence-corrected chi connectivity index (χ1v) is 11.1. The van der Waals surface area contributed by atoms with Crippen LogP contribution in [0.15, 0.2) is 51.9 Å². The van der Waals surface area contributed by atoms with E-state index in [9.17, 15) is 13.2 Å². The molecule has 1 amide bonds. The molecule has 3 aromatic rings. The third-order valence-corrected chi connectivity index (χ3v) is 6.40. The lowest BCUT2D eigenvalue weighted by Crippen LogP contribution is -2.26. The summed E-state index contributed by atoms with van der Waals surface area (Å²) in [5, 5.41) is 3.92. The lowest BCUT2D eigenvalue weighted by Gasteiger charge is -2.19. The van der Waals surface area contributed by atoms with Gasteiger partial charge in [0.2, 0.25) is 27.6 Å². The molecule has 4 rings (SSSR count). The Morgan fingerprint density at radius 2 is 2.00 bits per heavy atom. The Kier molecular flexibility index (Phi) is 5.40. The number of nitrogens with zero attached hydrogens (tertiary/aromatic N) is 3. The highest BCUT2D eigenvalue weighted by Crippen LogP contribution is 2.27. The van der Waals surface area contributed by atoms with Crippen LogP contribution >= 0.6 is 0 Å². The molecule has 1 aliphatic heterocycles. The van der Waals surface area contributed by atoms with Crippen molar-refractivity contribution in [3.05, 3.63) is 59.5 Å². The van der Waals surface area contributed by atoms with Gasteiger partial charge >= 0.3 is 0 Å². The molecule has 1 N–H and O–H groups in total. The summed E-state index contributed by atoms with van der Waals surface area (Å²) in [4.78, 5) is 18.0. The molecule has 2 heterocycles. The normalized spacial score (nSPS) is 14.5. The van der Waals surface area contributed by atoms with Crippen LogP contribution in [0.25, 0.3) is 11.4 Å². The summed E-state index contributed by atoms with van der Waals surface area (Å²) >= 11 is 0. The molecule has 1 aromatic heterocycles. The van der Waals surface area contributed by atoms with E-state index in [0.29, 0.717) is 18.8 Å². The van der Waals surface area contributed by atoms with Gasteiger partial charge in [-0.1, -0.05) is 28.9 Å². The average molecular weight is 426 g/mol. The van der Waals surface area contributed by atoms with Crippen LogP contribution < -0.4 is 9.62 Å². The molecular weight excluding hydrogens is 404 g/mol. The minimum atomic E-state index is -3.78. The second kappa shape index (κ2) is 8.00. The van der Waals surface area contributed by atoms with Crippen molar-refractivity contribution in [3.63, 3.8) is 0 Å². The summed E-state index contributed by atoms with van der Waals surface area (Å²) in [5.74, 6) is 0.641. The van der Waals surface area contributed by atoms with E-state index in [1.807, 2.05) is 31.2 Å². The molecule has 0 aliphatic carbocycles. The lowest BCUT2D eigenvalue weighted by molar-refractivity contribution is -0.117. The SMILES string of the molecule is Cc1cccc(-c2noc(CNS(=O)(=O)c3ccc(N4CCCC4=O)c(C)c3)n2)c1. The number of nitrogens with one attached hydrogen (secondary N) is 1. The van der Waals surface area contributed by atoms with Crippen LogP contribution in [-0.2, 0) is 21.4 Å². The van der Waals surface area contributed by atoms with Gasteiger partial charge < -0.3 is 9.42 Å². The number of carbonyl (C=O) groups is 1. The van der Waals surface area contributed by atoms with E-state index in [1.165, 1.54) is 6.07 Å². The Bertz CT molecular complexity index is 1200. The Morgan fingerprint density at radius 1 is 1.17 bits per heavy atom. The van der Waals surface area contributed by atoms with Crippen molar-refractivity contribution in [2.75, 3.05) is 11.4 Å². The molecule has 0 spiro atoms. The van der Waals surface area contributed by atoms with Gasteiger partial charge in [-0.25, -0.2) is 13.1 Å². The van der Waals surface area contributed by atoms with E-state index in [-0.39, 0.29) is 23.2 Å². The van der Waals surface area contributed by atoms with Crippen LogP contribution in [0, 0.1) is 13.8 Å². The molecule has 0 radical (unpaired) electrons. The van der Waals surface area contributed by atoms with Crippen molar-refractivity contribution < 1.29 is 17.7 Å². The Morgan fingerprint density at radius 3 is 2.70 bits per heavy atom. The number of amides is 1. The monoisotopic (exact) mass is 426 g/mol. The second-order valence-corrected chi connectivity index (χ2v) is 9.07. The first-order chi connectivity index (χ1) is 14.3. The first kappa shape index (κ1) is 20.2. The van der Waals surface area contributed by atoms with Crippen LogP contribution in [0.4, 0.5) is 5.69 Å². The van der Waals surface area contributed by atoms with Crippen LogP contribution in [0.1, 0.15) is 29.9 Å². The number of carbonyl (C=O) groups excluding carboxylic acids is 1. The van der Waals surface area contributed by atoms with Gasteiger partial charge in [0.25, 0.3) is 0 Å². The van der Waals surface area contributed by atoms with Gasteiger partial charge in [0, 0.05) is 24.2 Å². The third-order valence-electron chi connectivity index (χ3n) is 5.00. The van der Waals surface area contributed by atoms with Crippen molar-refractivity contribution >= 4 is 21.6 Å².